The van der Waals surface area contributed by atoms with Gasteiger partial charge in [0, 0.05) is 56.0 Å². The molecule has 1 saturated heterocycles. The van der Waals surface area contributed by atoms with E-state index in [1.807, 2.05) is 0 Å². The second kappa shape index (κ2) is 7.50. The minimum absolute atomic E-state index is 0.465. The number of fused-ring (bicyclic) bond motifs is 1. The monoisotopic (exact) mass is 344 g/mol. The third-order valence-electron chi connectivity index (χ3n) is 6.22. The van der Waals surface area contributed by atoms with E-state index in [-0.39, 0.29) is 0 Å². The zero-order chi connectivity index (χ0) is 17.2. The van der Waals surface area contributed by atoms with Crippen LogP contribution in [0.5, 0.6) is 5.75 Å². The smallest absolute Gasteiger partial charge is 0.135 e. The normalized spacial score (nSPS) is 27.2. The molecule has 1 aromatic rings. The summed E-state index contributed by atoms with van der Waals surface area (Å²) in [4.78, 5) is 9.94. The summed E-state index contributed by atoms with van der Waals surface area (Å²) in [6.45, 7) is 8.58. The van der Waals surface area contributed by atoms with E-state index in [1.165, 1.54) is 50.0 Å². The van der Waals surface area contributed by atoms with Crippen molar-refractivity contribution in [2.75, 3.05) is 44.2 Å². The lowest BCUT2D eigenvalue weighted by Gasteiger charge is -2.37. The van der Waals surface area contributed by atoms with Crippen molar-refractivity contribution >= 4 is 5.82 Å². The van der Waals surface area contributed by atoms with Crippen molar-refractivity contribution in [3.05, 3.63) is 17.3 Å². The minimum atomic E-state index is 0.465. The van der Waals surface area contributed by atoms with Gasteiger partial charge in [-0.2, -0.15) is 0 Å². The molecule has 1 aromatic heterocycles. The van der Waals surface area contributed by atoms with Gasteiger partial charge in [-0.25, -0.2) is 4.98 Å². The second-order valence-electron chi connectivity index (χ2n) is 8.06. The maximum Gasteiger partial charge on any atom is 0.135 e. The van der Waals surface area contributed by atoms with E-state index in [0.717, 1.165) is 56.6 Å². The number of piperazine rings is 1. The third-order valence-corrected chi connectivity index (χ3v) is 6.22. The van der Waals surface area contributed by atoms with Gasteiger partial charge in [0.1, 0.15) is 11.6 Å². The predicted octanol–water partition coefficient (Wildman–Crippen LogP) is 2.35. The molecule has 0 spiro atoms. The molecule has 0 bridgehead atoms. The molecule has 2 fully saturated rings. The Hall–Kier alpha value is -1.33. The number of aryl methyl sites for hydroxylation is 1. The highest BCUT2D eigenvalue weighted by molar-refractivity contribution is 5.56. The van der Waals surface area contributed by atoms with Crippen LogP contribution in [0.25, 0.3) is 0 Å². The largest absolute Gasteiger partial charge is 0.493 e. The molecule has 0 aromatic carbocycles. The van der Waals surface area contributed by atoms with E-state index in [0.29, 0.717) is 6.04 Å². The molecule has 3 aliphatic rings. The van der Waals surface area contributed by atoms with E-state index in [4.69, 9.17) is 15.5 Å². The quantitative estimate of drug-likeness (QED) is 0.909. The number of rotatable bonds is 4. The van der Waals surface area contributed by atoms with Gasteiger partial charge >= 0.3 is 0 Å². The number of nitrogens with two attached hydrogens (primary N) is 1. The van der Waals surface area contributed by atoms with Crippen LogP contribution in [0.3, 0.4) is 0 Å². The zero-order valence-corrected chi connectivity index (χ0v) is 15.5. The molecule has 3 heterocycles. The van der Waals surface area contributed by atoms with Crippen LogP contribution < -0.4 is 15.4 Å². The molecule has 5 nitrogen and oxygen atoms in total. The van der Waals surface area contributed by atoms with E-state index in [1.54, 1.807) is 0 Å². The van der Waals surface area contributed by atoms with Crippen molar-refractivity contribution in [2.24, 2.45) is 11.7 Å². The predicted molar refractivity (Wildman–Crippen MR) is 101 cm³/mol. The summed E-state index contributed by atoms with van der Waals surface area (Å²) < 4.78 is 5.76. The van der Waals surface area contributed by atoms with Crippen LogP contribution in [0.4, 0.5) is 5.82 Å². The summed E-state index contributed by atoms with van der Waals surface area (Å²) in [6.07, 6.45) is 7.47. The van der Waals surface area contributed by atoms with Crippen molar-refractivity contribution in [1.29, 1.82) is 0 Å². The molecule has 138 valence electrons. The fourth-order valence-corrected chi connectivity index (χ4v) is 4.57. The maximum atomic E-state index is 6.02. The summed E-state index contributed by atoms with van der Waals surface area (Å²) >= 11 is 0. The van der Waals surface area contributed by atoms with Crippen LogP contribution >= 0.6 is 0 Å². The van der Waals surface area contributed by atoms with Crippen molar-refractivity contribution in [2.45, 2.75) is 51.5 Å². The number of hydrogen-bond donors (Lipinski definition) is 1. The second-order valence-corrected chi connectivity index (χ2v) is 8.06. The summed E-state index contributed by atoms with van der Waals surface area (Å²) in [5.74, 6) is 3.13. The molecule has 5 heteroatoms. The average molecular weight is 345 g/mol. The van der Waals surface area contributed by atoms with Crippen LogP contribution in [-0.4, -0.2) is 55.3 Å². The van der Waals surface area contributed by atoms with E-state index < -0.39 is 0 Å². The van der Waals surface area contributed by atoms with Crippen LogP contribution in [0.2, 0.25) is 0 Å². The first kappa shape index (κ1) is 17.1. The zero-order valence-electron chi connectivity index (χ0n) is 15.5. The highest BCUT2D eigenvalue weighted by Crippen LogP contribution is 2.34. The van der Waals surface area contributed by atoms with Gasteiger partial charge in [0.25, 0.3) is 0 Å². The van der Waals surface area contributed by atoms with Crippen molar-refractivity contribution in [1.82, 2.24) is 9.88 Å². The molecular formula is C20H32N4O. The molecule has 0 atom stereocenters. The van der Waals surface area contributed by atoms with E-state index >= 15 is 0 Å². The van der Waals surface area contributed by atoms with Gasteiger partial charge < -0.3 is 15.4 Å². The number of anilines is 1. The van der Waals surface area contributed by atoms with Crippen molar-refractivity contribution in [3.8, 4) is 5.75 Å². The number of pyridine rings is 1. The highest BCUT2D eigenvalue weighted by atomic mass is 16.5. The lowest BCUT2D eigenvalue weighted by molar-refractivity contribution is 0.216. The standard InChI is InChI=1S/C20H32N4O/c1-15-14-19-18(7-13-25-19)20(22-15)24-11-9-23(10-12-24)8-6-16-2-4-17(21)5-3-16/h14,16-17H,2-13,21H2,1H3. The summed E-state index contributed by atoms with van der Waals surface area (Å²) in [5, 5.41) is 0. The first-order valence-electron chi connectivity index (χ1n) is 10.1. The average Bonchev–Trinajstić information content (AvgIpc) is 3.09. The molecule has 0 radical (unpaired) electrons. The van der Waals surface area contributed by atoms with Crippen molar-refractivity contribution < 1.29 is 4.74 Å². The number of aromatic nitrogens is 1. The van der Waals surface area contributed by atoms with Gasteiger partial charge in [0.05, 0.1) is 6.61 Å². The van der Waals surface area contributed by atoms with E-state index in [9.17, 15) is 0 Å². The number of hydrogen-bond acceptors (Lipinski definition) is 5. The highest BCUT2D eigenvalue weighted by Gasteiger charge is 2.26. The summed E-state index contributed by atoms with van der Waals surface area (Å²) in [5.41, 5.74) is 8.41. The Morgan fingerprint density at radius 2 is 1.92 bits per heavy atom. The Bertz CT molecular complexity index is 590. The van der Waals surface area contributed by atoms with Crippen LogP contribution in [0, 0.1) is 12.8 Å². The Morgan fingerprint density at radius 3 is 2.68 bits per heavy atom. The van der Waals surface area contributed by atoms with Gasteiger partial charge in [-0.05, 0) is 51.5 Å². The SMILES string of the molecule is Cc1cc2c(c(N3CCN(CCC4CCC(N)CC4)CC3)n1)CCO2. The van der Waals surface area contributed by atoms with Gasteiger partial charge in [-0.15, -0.1) is 0 Å². The Morgan fingerprint density at radius 1 is 1.16 bits per heavy atom. The topological polar surface area (TPSA) is 54.6 Å². The molecule has 1 saturated carbocycles. The molecule has 4 rings (SSSR count). The fraction of sp³-hybridized carbons (Fsp3) is 0.750. The fourth-order valence-electron chi connectivity index (χ4n) is 4.57. The lowest BCUT2D eigenvalue weighted by Crippen LogP contribution is -2.47. The molecule has 25 heavy (non-hydrogen) atoms. The molecular weight excluding hydrogens is 312 g/mol. The van der Waals surface area contributed by atoms with Gasteiger partial charge in [-0.1, -0.05) is 0 Å². The van der Waals surface area contributed by atoms with Crippen molar-refractivity contribution in [3.63, 3.8) is 0 Å². The first-order chi connectivity index (χ1) is 12.2. The van der Waals surface area contributed by atoms with Crippen LogP contribution in [0.1, 0.15) is 43.4 Å². The molecule has 0 unspecified atom stereocenters. The van der Waals surface area contributed by atoms with E-state index in [2.05, 4.69) is 22.8 Å². The molecule has 0 amide bonds. The maximum absolute atomic E-state index is 6.02. The minimum Gasteiger partial charge on any atom is -0.493 e. The Balaban J connectivity index is 1.29. The Kier molecular flexibility index (Phi) is 5.13. The van der Waals surface area contributed by atoms with Crippen LogP contribution in [-0.2, 0) is 6.42 Å². The number of ether oxygens (including phenoxy) is 1. The summed E-state index contributed by atoms with van der Waals surface area (Å²) in [7, 11) is 0. The molecule has 2 aliphatic heterocycles. The summed E-state index contributed by atoms with van der Waals surface area (Å²) in [6, 6.07) is 2.55. The third kappa shape index (κ3) is 3.93. The lowest BCUT2D eigenvalue weighted by atomic mass is 9.84. The van der Waals surface area contributed by atoms with Crippen LogP contribution in [0.15, 0.2) is 6.07 Å². The van der Waals surface area contributed by atoms with Gasteiger partial charge in [-0.3, -0.25) is 4.90 Å². The first-order valence-corrected chi connectivity index (χ1v) is 10.1. The van der Waals surface area contributed by atoms with Gasteiger partial charge in [0.15, 0.2) is 0 Å². The molecule has 1 aliphatic carbocycles. The van der Waals surface area contributed by atoms with Gasteiger partial charge in [0.2, 0.25) is 0 Å². The number of nitrogens with zero attached hydrogens (tertiary/aromatic N) is 3. The Labute approximate surface area is 151 Å². The molecule has 2 N–H and O–H groups in total.